The molecular formula is C16H17ClN4O2. The molecule has 3 rings (SSSR count). The van der Waals surface area contributed by atoms with Crippen molar-refractivity contribution in [2.24, 2.45) is 11.7 Å². The summed E-state index contributed by atoms with van der Waals surface area (Å²) >= 11 is 6.13. The van der Waals surface area contributed by atoms with Crippen LogP contribution in [-0.2, 0) is 9.59 Å². The second-order valence-electron chi connectivity index (χ2n) is 5.58. The Bertz CT molecular complexity index is 783. The normalized spacial score (nSPS) is 18.7. The lowest BCUT2D eigenvalue weighted by Crippen LogP contribution is -2.43. The van der Waals surface area contributed by atoms with Gasteiger partial charge in [-0.25, -0.2) is 4.98 Å². The lowest BCUT2D eigenvalue weighted by atomic mass is 9.97. The SMILES string of the molecule is NC(=O)C1CCCN(C(=O)/C=C/c2c(Cl)nc3ccccn23)C1. The minimum absolute atomic E-state index is 0.155. The van der Waals surface area contributed by atoms with Crippen molar-refractivity contribution in [3.05, 3.63) is 41.3 Å². The molecule has 1 aliphatic heterocycles. The van der Waals surface area contributed by atoms with Crippen LogP contribution in [0.2, 0.25) is 5.15 Å². The molecule has 2 aromatic rings. The van der Waals surface area contributed by atoms with Crippen LogP contribution in [-0.4, -0.2) is 39.2 Å². The summed E-state index contributed by atoms with van der Waals surface area (Å²) in [7, 11) is 0. The smallest absolute Gasteiger partial charge is 0.246 e. The van der Waals surface area contributed by atoms with E-state index in [0.29, 0.717) is 23.9 Å². The predicted molar refractivity (Wildman–Crippen MR) is 87.7 cm³/mol. The Morgan fingerprint density at radius 1 is 1.39 bits per heavy atom. The molecule has 1 saturated heterocycles. The Balaban J connectivity index is 1.77. The van der Waals surface area contributed by atoms with Gasteiger partial charge in [0.1, 0.15) is 5.65 Å². The van der Waals surface area contributed by atoms with E-state index in [1.807, 2.05) is 28.8 Å². The molecule has 1 aliphatic rings. The number of halogens is 1. The zero-order chi connectivity index (χ0) is 16.4. The van der Waals surface area contributed by atoms with Gasteiger partial charge < -0.3 is 10.6 Å². The maximum Gasteiger partial charge on any atom is 0.246 e. The van der Waals surface area contributed by atoms with Gasteiger partial charge in [0, 0.05) is 25.4 Å². The van der Waals surface area contributed by atoms with Crippen molar-refractivity contribution in [3.63, 3.8) is 0 Å². The number of pyridine rings is 1. The van der Waals surface area contributed by atoms with E-state index in [-0.39, 0.29) is 17.7 Å². The number of nitrogens with two attached hydrogens (primary N) is 1. The fourth-order valence-electron chi connectivity index (χ4n) is 2.80. The number of carbonyl (C=O) groups excluding carboxylic acids is 2. The van der Waals surface area contributed by atoms with Crippen LogP contribution in [0.15, 0.2) is 30.5 Å². The predicted octanol–water partition coefficient (Wildman–Crippen LogP) is 1.72. The van der Waals surface area contributed by atoms with Crippen molar-refractivity contribution in [2.75, 3.05) is 13.1 Å². The largest absolute Gasteiger partial charge is 0.369 e. The highest BCUT2D eigenvalue weighted by molar-refractivity contribution is 6.31. The number of rotatable bonds is 3. The van der Waals surface area contributed by atoms with E-state index in [2.05, 4.69) is 4.98 Å². The molecule has 0 saturated carbocycles. The highest BCUT2D eigenvalue weighted by Gasteiger charge is 2.25. The number of piperidine rings is 1. The third-order valence-electron chi connectivity index (χ3n) is 4.04. The highest BCUT2D eigenvalue weighted by atomic mass is 35.5. The number of primary amides is 1. The molecule has 0 aromatic carbocycles. The van der Waals surface area contributed by atoms with Crippen molar-refractivity contribution >= 4 is 35.1 Å². The van der Waals surface area contributed by atoms with Gasteiger partial charge in [0.25, 0.3) is 0 Å². The molecule has 2 N–H and O–H groups in total. The molecule has 6 nitrogen and oxygen atoms in total. The molecule has 0 bridgehead atoms. The van der Waals surface area contributed by atoms with Gasteiger partial charge in [0.15, 0.2) is 5.15 Å². The minimum Gasteiger partial charge on any atom is -0.369 e. The molecular weight excluding hydrogens is 316 g/mol. The molecule has 0 spiro atoms. The van der Waals surface area contributed by atoms with Crippen molar-refractivity contribution in [1.29, 1.82) is 0 Å². The first kappa shape index (κ1) is 15.6. The number of hydrogen-bond donors (Lipinski definition) is 1. The van der Waals surface area contributed by atoms with Gasteiger partial charge in [0.05, 0.1) is 11.6 Å². The van der Waals surface area contributed by atoms with Crippen LogP contribution in [0.1, 0.15) is 18.5 Å². The molecule has 0 radical (unpaired) electrons. The molecule has 0 aliphatic carbocycles. The van der Waals surface area contributed by atoms with Crippen LogP contribution in [0.5, 0.6) is 0 Å². The van der Waals surface area contributed by atoms with Crippen LogP contribution in [0, 0.1) is 5.92 Å². The number of likely N-dealkylation sites (tertiary alicyclic amines) is 1. The van der Waals surface area contributed by atoms with Gasteiger partial charge in [-0.3, -0.25) is 14.0 Å². The Kier molecular flexibility index (Phi) is 4.34. The summed E-state index contributed by atoms with van der Waals surface area (Å²) in [6, 6.07) is 5.58. The second-order valence-corrected chi connectivity index (χ2v) is 5.93. The maximum atomic E-state index is 12.3. The van der Waals surface area contributed by atoms with Crippen LogP contribution in [0.4, 0.5) is 0 Å². The number of imidazole rings is 1. The molecule has 120 valence electrons. The van der Waals surface area contributed by atoms with Gasteiger partial charge in [-0.15, -0.1) is 0 Å². The summed E-state index contributed by atoms with van der Waals surface area (Å²) in [6.45, 7) is 1.01. The van der Waals surface area contributed by atoms with Crippen LogP contribution in [0.25, 0.3) is 11.7 Å². The topological polar surface area (TPSA) is 80.7 Å². The third kappa shape index (κ3) is 3.22. The Morgan fingerprint density at radius 3 is 3.00 bits per heavy atom. The number of aromatic nitrogens is 2. The molecule has 2 amide bonds. The summed E-state index contributed by atoms with van der Waals surface area (Å²) in [4.78, 5) is 29.5. The molecule has 3 heterocycles. The van der Waals surface area contributed by atoms with E-state index < -0.39 is 0 Å². The van der Waals surface area contributed by atoms with Gasteiger partial charge in [-0.2, -0.15) is 0 Å². The number of carbonyl (C=O) groups is 2. The van der Waals surface area contributed by atoms with E-state index >= 15 is 0 Å². The van der Waals surface area contributed by atoms with Crippen molar-refractivity contribution in [3.8, 4) is 0 Å². The summed E-state index contributed by atoms with van der Waals surface area (Å²) < 4.78 is 1.81. The number of hydrogen-bond acceptors (Lipinski definition) is 3. The van der Waals surface area contributed by atoms with Crippen LogP contribution >= 0.6 is 11.6 Å². The van der Waals surface area contributed by atoms with E-state index in [9.17, 15) is 9.59 Å². The maximum absolute atomic E-state index is 12.3. The fourth-order valence-corrected chi connectivity index (χ4v) is 3.04. The number of nitrogens with zero attached hydrogens (tertiary/aromatic N) is 3. The van der Waals surface area contributed by atoms with Crippen molar-refractivity contribution in [1.82, 2.24) is 14.3 Å². The monoisotopic (exact) mass is 332 g/mol. The zero-order valence-corrected chi connectivity index (χ0v) is 13.2. The van der Waals surface area contributed by atoms with Crippen LogP contribution < -0.4 is 5.73 Å². The fraction of sp³-hybridized carbons (Fsp3) is 0.312. The Hall–Kier alpha value is -2.34. The zero-order valence-electron chi connectivity index (χ0n) is 12.5. The number of fused-ring (bicyclic) bond motifs is 1. The molecule has 1 unspecified atom stereocenters. The molecule has 1 atom stereocenters. The standard InChI is InChI=1S/C16H17ClN4O2/c17-15-12(21-9-2-1-5-13(21)19-15)6-7-14(22)20-8-3-4-11(10-20)16(18)23/h1-2,5-7,9,11H,3-4,8,10H2,(H2,18,23)/b7-6+. The first-order valence-electron chi connectivity index (χ1n) is 7.45. The summed E-state index contributed by atoms with van der Waals surface area (Å²) in [5.41, 5.74) is 6.71. The summed E-state index contributed by atoms with van der Waals surface area (Å²) in [5.74, 6) is -0.769. The molecule has 2 aromatic heterocycles. The lowest BCUT2D eigenvalue weighted by Gasteiger charge is -2.30. The summed E-state index contributed by atoms with van der Waals surface area (Å²) in [5, 5.41) is 0.342. The Morgan fingerprint density at radius 2 is 2.22 bits per heavy atom. The number of amides is 2. The molecule has 7 heteroatoms. The van der Waals surface area contributed by atoms with Crippen molar-refractivity contribution < 1.29 is 9.59 Å². The van der Waals surface area contributed by atoms with Gasteiger partial charge in [-0.05, 0) is 31.1 Å². The molecule has 23 heavy (non-hydrogen) atoms. The van der Waals surface area contributed by atoms with Crippen molar-refractivity contribution in [2.45, 2.75) is 12.8 Å². The quantitative estimate of drug-likeness (QED) is 0.869. The highest BCUT2D eigenvalue weighted by Crippen LogP contribution is 2.20. The Labute approximate surface area is 138 Å². The average molecular weight is 333 g/mol. The van der Waals surface area contributed by atoms with E-state index in [1.54, 1.807) is 11.0 Å². The minimum atomic E-state index is -0.351. The van der Waals surface area contributed by atoms with Crippen LogP contribution in [0.3, 0.4) is 0 Å². The van der Waals surface area contributed by atoms with Gasteiger partial charge in [-0.1, -0.05) is 17.7 Å². The first-order chi connectivity index (χ1) is 11.1. The third-order valence-corrected chi connectivity index (χ3v) is 4.32. The lowest BCUT2D eigenvalue weighted by molar-refractivity contribution is -0.130. The second kappa shape index (κ2) is 6.42. The van der Waals surface area contributed by atoms with Gasteiger partial charge in [0.2, 0.25) is 11.8 Å². The van der Waals surface area contributed by atoms with Gasteiger partial charge >= 0.3 is 0 Å². The average Bonchev–Trinajstić information content (AvgIpc) is 2.88. The molecule has 1 fully saturated rings. The van der Waals surface area contributed by atoms with E-state index in [0.717, 1.165) is 18.5 Å². The van der Waals surface area contributed by atoms with E-state index in [1.165, 1.54) is 6.08 Å². The first-order valence-corrected chi connectivity index (χ1v) is 7.83. The summed E-state index contributed by atoms with van der Waals surface area (Å²) in [6.07, 6.45) is 6.47. The van der Waals surface area contributed by atoms with E-state index in [4.69, 9.17) is 17.3 Å².